The van der Waals surface area contributed by atoms with Crippen LogP contribution in [0.15, 0.2) is 30.3 Å². The van der Waals surface area contributed by atoms with Gasteiger partial charge in [-0.1, -0.05) is 37.3 Å². The van der Waals surface area contributed by atoms with Crippen LogP contribution < -0.4 is 5.32 Å². The largest absolute Gasteiger partial charge is 0.319 e. The van der Waals surface area contributed by atoms with E-state index in [1.165, 1.54) is 44.6 Å². The second-order valence-corrected chi connectivity index (χ2v) is 7.00. The summed E-state index contributed by atoms with van der Waals surface area (Å²) in [6, 6.07) is 11.9. The van der Waals surface area contributed by atoms with Crippen LogP contribution in [-0.4, -0.2) is 62.2 Å². The fraction of sp³-hybridized carbons (Fsp3) is 0.667. The molecule has 3 nitrogen and oxygen atoms in total. The average Bonchev–Trinajstić information content (AvgIpc) is 3.34. The zero-order chi connectivity index (χ0) is 14.7. The Morgan fingerprint density at radius 1 is 1.10 bits per heavy atom. The van der Waals surface area contributed by atoms with Crippen LogP contribution in [0.2, 0.25) is 0 Å². The topological polar surface area (TPSA) is 18.5 Å². The van der Waals surface area contributed by atoms with Gasteiger partial charge in [-0.2, -0.15) is 0 Å². The maximum absolute atomic E-state index is 3.40. The molecule has 1 saturated carbocycles. The Labute approximate surface area is 129 Å². The first-order valence-electron chi connectivity index (χ1n) is 8.38. The highest BCUT2D eigenvalue weighted by atomic mass is 15.3. The Morgan fingerprint density at radius 2 is 1.76 bits per heavy atom. The van der Waals surface area contributed by atoms with Crippen molar-refractivity contribution in [2.24, 2.45) is 0 Å². The van der Waals surface area contributed by atoms with E-state index in [-0.39, 0.29) is 5.41 Å². The van der Waals surface area contributed by atoms with Gasteiger partial charge < -0.3 is 5.32 Å². The van der Waals surface area contributed by atoms with Crippen molar-refractivity contribution in [3.63, 3.8) is 0 Å². The summed E-state index contributed by atoms with van der Waals surface area (Å²) < 4.78 is 0. The van der Waals surface area contributed by atoms with Crippen LogP contribution in [0.25, 0.3) is 0 Å². The first-order chi connectivity index (χ1) is 10.2. The van der Waals surface area contributed by atoms with E-state index in [2.05, 4.69) is 59.4 Å². The van der Waals surface area contributed by atoms with Crippen LogP contribution in [0.1, 0.15) is 25.3 Å². The fourth-order valence-corrected chi connectivity index (χ4v) is 3.70. The van der Waals surface area contributed by atoms with E-state index in [9.17, 15) is 0 Å². The van der Waals surface area contributed by atoms with Crippen molar-refractivity contribution in [1.29, 1.82) is 0 Å². The number of likely N-dealkylation sites (N-methyl/N-ethyl adjacent to an activating group) is 1. The Kier molecular flexibility index (Phi) is 4.63. The van der Waals surface area contributed by atoms with Gasteiger partial charge in [0.2, 0.25) is 0 Å². The number of nitrogens with one attached hydrogen (secondary N) is 1. The van der Waals surface area contributed by atoms with Crippen LogP contribution >= 0.6 is 0 Å². The van der Waals surface area contributed by atoms with Gasteiger partial charge in [0.1, 0.15) is 0 Å². The van der Waals surface area contributed by atoms with Crippen molar-refractivity contribution in [2.75, 3.05) is 46.3 Å². The van der Waals surface area contributed by atoms with Crippen LogP contribution in [0, 0.1) is 0 Å². The Morgan fingerprint density at radius 3 is 2.33 bits per heavy atom. The van der Waals surface area contributed by atoms with Gasteiger partial charge in [-0.3, -0.25) is 9.80 Å². The molecule has 1 aliphatic carbocycles. The van der Waals surface area contributed by atoms with E-state index in [0.29, 0.717) is 0 Å². The summed E-state index contributed by atoms with van der Waals surface area (Å²) in [5.74, 6) is 0. The van der Waals surface area contributed by atoms with E-state index >= 15 is 0 Å². The first kappa shape index (κ1) is 15.0. The number of hydrogen-bond donors (Lipinski definition) is 1. The zero-order valence-electron chi connectivity index (χ0n) is 13.5. The summed E-state index contributed by atoms with van der Waals surface area (Å²) in [5.41, 5.74) is 1.64. The van der Waals surface area contributed by atoms with Crippen LogP contribution in [-0.2, 0) is 5.41 Å². The number of benzene rings is 1. The molecule has 3 heteroatoms. The SMILES string of the molecule is CNCC(C)(CN1CCN(C2CC2)CC1)c1ccccc1. The lowest BCUT2D eigenvalue weighted by Gasteiger charge is -2.40. The lowest BCUT2D eigenvalue weighted by molar-refractivity contribution is 0.107. The first-order valence-corrected chi connectivity index (χ1v) is 8.38. The smallest absolute Gasteiger partial charge is 0.0176 e. The summed E-state index contributed by atoms with van der Waals surface area (Å²) in [6.07, 6.45) is 2.86. The molecule has 21 heavy (non-hydrogen) atoms. The van der Waals surface area contributed by atoms with Crippen LogP contribution in [0.5, 0.6) is 0 Å². The minimum absolute atomic E-state index is 0.192. The number of nitrogens with zero attached hydrogens (tertiary/aromatic N) is 2. The molecule has 0 amide bonds. The van der Waals surface area contributed by atoms with Gasteiger partial charge in [-0.15, -0.1) is 0 Å². The molecule has 1 heterocycles. The van der Waals surface area contributed by atoms with Crippen molar-refractivity contribution in [2.45, 2.75) is 31.2 Å². The molecule has 1 N–H and O–H groups in total. The molecule has 116 valence electrons. The third-order valence-corrected chi connectivity index (χ3v) is 5.08. The summed E-state index contributed by atoms with van der Waals surface area (Å²) in [6.45, 7) is 9.54. The van der Waals surface area contributed by atoms with Gasteiger partial charge in [0.05, 0.1) is 0 Å². The third kappa shape index (κ3) is 3.65. The second kappa shape index (κ2) is 6.47. The molecular formula is C18H29N3. The molecule has 0 aromatic heterocycles. The van der Waals surface area contributed by atoms with Crippen molar-refractivity contribution in [3.05, 3.63) is 35.9 Å². The summed E-state index contributed by atoms with van der Waals surface area (Å²) in [7, 11) is 2.06. The van der Waals surface area contributed by atoms with Crippen molar-refractivity contribution in [1.82, 2.24) is 15.1 Å². The van der Waals surface area contributed by atoms with Gasteiger partial charge in [0.15, 0.2) is 0 Å². The van der Waals surface area contributed by atoms with Crippen molar-refractivity contribution >= 4 is 0 Å². The fourth-order valence-electron chi connectivity index (χ4n) is 3.70. The highest BCUT2D eigenvalue weighted by Crippen LogP contribution is 2.29. The van der Waals surface area contributed by atoms with E-state index in [1.54, 1.807) is 0 Å². The van der Waals surface area contributed by atoms with Gasteiger partial charge in [0.25, 0.3) is 0 Å². The lowest BCUT2D eigenvalue weighted by Crippen LogP contribution is -2.52. The molecule has 1 aliphatic heterocycles. The quantitative estimate of drug-likeness (QED) is 0.863. The molecule has 1 unspecified atom stereocenters. The Balaban J connectivity index is 1.62. The molecule has 3 rings (SSSR count). The third-order valence-electron chi connectivity index (χ3n) is 5.08. The monoisotopic (exact) mass is 287 g/mol. The summed E-state index contributed by atoms with van der Waals surface area (Å²) in [4.78, 5) is 5.34. The maximum Gasteiger partial charge on any atom is 0.0176 e. The molecule has 0 spiro atoms. The Hall–Kier alpha value is -0.900. The molecule has 1 atom stereocenters. The van der Waals surface area contributed by atoms with E-state index < -0.39 is 0 Å². The number of rotatable bonds is 6. The summed E-state index contributed by atoms with van der Waals surface area (Å²) >= 11 is 0. The molecule has 2 fully saturated rings. The average molecular weight is 287 g/mol. The maximum atomic E-state index is 3.40. The zero-order valence-corrected chi connectivity index (χ0v) is 13.5. The molecule has 0 radical (unpaired) electrons. The number of piperazine rings is 1. The minimum Gasteiger partial charge on any atom is -0.319 e. The number of hydrogen-bond acceptors (Lipinski definition) is 3. The van der Waals surface area contributed by atoms with Gasteiger partial charge in [-0.25, -0.2) is 0 Å². The van der Waals surface area contributed by atoms with E-state index in [0.717, 1.165) is 19.1 Å². The predicted octanol–water partition coefficient (Wildman–Crippen LogP) is 1.94. The van der Waals surface area contributed by atoms with Crippen molar-refractivity contribution in [3.8, 4) is 0 Å². The molecule has 1 aromatic rings. The normalized spacial score (nSPS) is 23.9. The van der Waals surface area contributed by atoms with Crippen LogP contribution in [0.3, 0.4) is 0 Å². The van der Waals surface area contributed by atoms with Crippen LogP contribution in [0.4, 0.5) is 0 Å². The van der Waals surface area contributed by atoms with E-state index in [4.69, 9.17) is 0 Å². The lowest BCUT2D eigenvalue weighted by atomic mass is 9.81. The van der Waals surface area contributed by atoms with Gasteiger partial charge >= 0.3 is 0 Å². The highest BCUT2D eigenvalue weighted by Gasteiger charge is 2.34. The van der Waals surface area contributed by atoms with E-state index in [1.807, 2.05) is 0 Å². The minimum atomic E-state index is 0.192. The molecule has 0 bridgehead atoms. The van der Waals surface area contributed by atoms with Crippen molar-refractivity contribution < 1.29 is 0 Å². The predicted molar refractivity (Wildman–Crippen MR) is 88.8 cm³/mol. The molecule has 1 saturated heterocycles. The molecule has 1 aromatic carbocycles. The second-order valence-electron chi connectivity index (χ2n) is 7.00. The molecule has 2 aliphatic rings. The molecular weight excluding hydrogens is 258 g/mol. The van der Waals surface area contributed by atoms with Gasteiger partial charge in [-0.05, 0) is 25.5 Å². The highest BCUT2D eigenvalue weighted by molar-refractivity contribution is 5.25. The summed E-state index contributed by atoms with van der Waals surface area (Å²) in [5, 5.41) is 3.40. The van der Waals surface area contributed by atoms with Gasteiger partial charge in [0, 0.05) is 50.7 Å². The standard InChI is InChI=1S/C18H29N3/c1-18(14-19-2,16-6-4-3-5-7-16)15-20-10-12-21(13-11-20)17-8-9-17/h3-7,17,19H,8-15H2,1-2H3. The Bertz CT molecular complexity index is 435.